The number of hydrogen-bond acceptors (Lipinski definition) is 1. The van der Waals surface area contributed by atoms with Gasteiger partial charge in [-0.25, -0.2) is 0 Å². The van der Waals surface area contributed by atoms with E-state index in [2.05, 4.69) is 55.4 Å². The van der Waals surface area contributed by atoms with Crippen LogP contribution in [0.4, 0.5) is 0 Å². The molecule has 0 spiro atoms. The molecule has 0 aliphatic heterocycles. The van der Waals surface area contributed by atoms with Crippen molar-refractivity contribution in [3.8, 4) is 0 Å². The second kappa shape index (κ2) is 2.88. The SMILES string of the molecule is Brc1ccc2c(Br)csc2c1. The topological polar surface area (TPSA) is 0 Å². The average Bonchev–Trinajstić information content (AvgIpc) is 2.32. The minimum Gasteiger partial charge on any atom is -0.143 e. The van der Waals surface area contributed by atoms with Crippen LogP contribution in [0, 0.1) is 0 Å². The van der Waals surface area contributed by atoms with Gasteiger partial charge in [-0.1, -0.05) is 22.0 Å². The molecule has 56 valence electrons. The van der Waals surface area contributed by atoms with Crippen molar-refractivity contribution in [3.63, 3.8) is 0 Å². The molecule has 1 heterocycles. The van der Waals surface area contributed by atoms with Crippen LogP contribution in [-0.4, -0.2) is 0 Å². The molecule has 0 saturated carbocycles. The Morgan fingerprint density at radius 2 is 2.00 bits per heavy atom. The van der Waals surface area contributed by atoms with Crippen molar-refractivity contribution in [2.45, 2.75) is 0 Å². The fraction of sp³-hybridized carbons (Fsp3) is 0. The van der Waals surface area contributed by atoms with Crippen LogP contribution >= 0.6 is 43.2 Å². The average molecular weight is 292 g/mol. The van der Waals surface area contributed by atoms with Gasteiger partial charge in [-0.2, -0.15) is 0 Å². The lowest BCUT2D eigenvalue weighted by Crippen LogP contribution is -1.63. The van der Waals surface area contributed by atoms with Gasteiger partial charge in [-0.05, 0) is 28.1 Å². The first kappa shape index (κ1) is 7.77. The van der Waals surface area contributed by atoms with Gasteiger partial charge in [0.05, 0.1) is 0 Å². The van der Waals surface area contributed by atoms with E-state index in [0.29, 0.717) is 0 Å². The minimum absolute atomic E-state index is 1.14. The van der Waals surface area contributed by atoms with Gasteiger partial charge in [0.1, 0.15) is 0 Å². The van der Waals surface area contributed by atoms with Crippen LogP contribution in [0.5, 0.6) is 0 Å². The Hall–Kier alpha value is 0.140. The first-order valence-electron chi connectivity index (χ1n) is 3.09. The van der Waals surface area contributed by atoms with E-state index in [4.69, 9.17) is 0 Å². The van der Waals surface area contributed by atoms with Gasteiger partial charge < -0.3 is 0 Å². The van der Waals surface area contributed by atoms with Crippen molar-refractivity contribution in [3.05, 3.63) is 32.5 Å². The smallest absolute Gasteiger partial charge is 0.0365 e. The van der Waals surface area contributed by atoms with Crippen molar-refractivity contribution in [2.24, 2.45) is 0 Å². The molecule has 0 atom stereocenters. The van der Waals surface area contributed by atoms with Crippen molar-refractivity contribution >= 4 is 53.3 Å². The van der Waals surface area contributed by atoms with E-state index in [9.17, 15) is 0 Å². The Labute approximate surface area is 85.5 Å². The quantitative estimate of drug-likeness (QED) is 0.674. The molecule has 0 nitrogen and oxygen atoms in total. The highest BCUT2D eigenvalue weighted by atomic mass is 79.9. The Bertz CT molecular complexity index is 392. The second-order valence-electron chi connectivity index (χ2n) is 2.22. The summed E-state index contributed by atoms with van der Waals surface area (Å²) in [6.45, 7) is 0. The Kier molecular flexibility index (Phi) is 2.04. The summed E-state index contributed by atoms with van der Waals surface area (Å²) in [7, 11) is 0. The molecular weight excluding hydrogens is 288 g/mol. The Morgan fingerprint density at radius 3 is 2.82 bits per heavy atom. The molecule has 0 radical (unpaired) electrons. The summed E-state index contributed by atoms with van der Waals surface area (Å²) in [5.41, 5.74) is 0. The van der Waals surface area contributed by atoms with Gasteiger partial charge in [-0.15, -0.1) is 11.3 Å². The third kappa shape index (κ3) is 1.37. The molecular formula is C8H4Br2S. The fourth-order valence-electron chi connectivity index (χ4n) is 0.970. The summed E-state index contributed by atoms with van der Waals surface area (Å²) in [6, 6.07) is 6.30. The molecule has 0 aliphatic carbocycles. The van der Waals surface area contributed by atoms with Gasteiger partial charge in [0.25, 0.3) is 0 Å². The third-order valence-electron chi connectivity index (χ3n) is 1.49. The van der Waals surface area contributed by atoms with Crippen LogP contribution in [0.1, 0.15) is 0 Å². The number of benzene rings is 1. The predicted octanol–water partition coefficient (Wildman–Crippen LogP) is 4.43. The maximum atomic E-state index is 3.49. The molecule has 0 aliphatic rings. The normalized spacial score (nSPS) is 10.7. The molecule has 0 N–H and O–H groups in total. The van der Waals surface area contributed by atoms with Gasteiger partial charge in [-0.3, -0.25) is 0 Å². The van der Waals surface area contributed by atoms with Crippen molar-refractivity contribution in [1.82, 2.24) is 0 Å². The molecule has 0 amide bonds. The van der Waals surface area contributed by atoms with Gasteiger partial charge in [0.2, 0.25) is 0 Å². The van der Waals surface area contributed by atoms with Gasteiger partial charge in [0.15, 0.2) is 0 Å². The summed E-state index contributed by atoms with van der Waals surface area (Å²) in [5.74, 6) is 0. The van der Waals surface area contributed by atoms with E-state index in [1.807, 2.05) is 0 Å². The Balaban J connectivity index is 2.86. The molecule has 2 rings (SSSR count). The van der Waals surface area contributed by atoms with Gasteiger partial charge in [0, 0.05) is 24.4 Å². The summed E-state index contributed by atoms with van der Waals surface area (Å²) < 4.78 is 3.63. The Morgan fingerprint density at radius 1 is 1.18 bits per heavy atom. The van der Waals surface area contributed by atoms with Crippen LogP contribution in [0.25, 0.3) is 10.1 Å². The summed E-state index contributed by atoms with van der Waals surface area (Å²) in [4.78, 5) is 0. The largest absolute Gasteiger partial charge is 0.143 e. The maximum absolute atomic E-state index is 3.49. The zero-order chi connectivity index (χ0) is 7.84. The van der Waals surface area contributed by atoms with Crippen molar-refractivity contribution in [2.75, 3.05) is 0 Å². The third-order valence-corrected chi connectivity index (χ3v) is 3.89. The lowest BCUT2D eigenvalue weighted by Gasteiger charge is -1.90. The number of fused-ring (bicyclic) bond motifs is 1. The molecule has 11 heavy (non-hydrogen) atoms. The predicted molar refractivity (Wildman–Crippen MR) is 57.2 cm³/mol. The second-order valence-corrected chi connectivity index (χ2v) is 4.91. The van der Waals surface area contributed by atoms with Gasteiger partial charge >= 0.3 is 0 Å². The van der Waals surface area contributed by atoms with E-state index in [1.165, 1.54) is 14.6 Å². The fourth-order valence-corrected chi connectivity index (χ4v) is 3.10. The lowest BCUT2D eigenvalue weighted by atomic mass is 10.3. The minimum atomic E-state index is 1.14. The van der Waals surface area contributed by atoms with Crippen LogP contribution < -0.4 is 0 Å². The number of thiophene rings is 1. The standard InChI is InChI=1S/C8H4Br2S/c9-5-1-2-6-7(10)4-11-8(6)3-5/h1-4H. The first-order chi connectivity index (χ1) is 5.27. The molecule has 0 fully saturated rings. The van der Waals surface area contributed by atoms with E-state index in [1.54, 1.807) is 11.3 Å². The highest BCUT2D eigenvalue weighted by Crippen LogP contribution is 2.31. The van der Waals surface area contributed by atoms with E-state index >= 15 is 0 Å². The summed E-state index contributed by atoms with van der Waals surface area (Å²) in [5, 5.41) is 3.40. The molecule has 0 bridgehead atoms. The number of rotatable bonds is 0. The highest BCUT2D eigenvalue weighted by molar-refractivity contribution is 9.11. The molecule has 0 unspecified atom stereocenters. The number of halogens is 2. The van der Waals surface area contributed by atoms with E-state index < -0.39 is 0 Å². The monoisotopic (exact) mass is 290 g/mol. The molecule has 0 saturated heterocycles. The molecule has 3 heteroatoms. The summed E-state index contributed by atoms with van der Waals surface area (Å²) >= 11 is 8.67. The van der Waals surface area contributed by atoms with Crippen LogP contribution in [0.3, 0.4) is 0 Å². The van der Waals surface area contributed by atoms with Crippen LogP contribution in [0.2, 0.25) is 0 Å². The molecule has 2 aromatic rings. The zero-order valence-electron chi connectivity index (χ0n) is 5.47. The zero-order valence-corrected chi connectivity index (χ0v) is 9.46. The lowest BCUT2D eigenvalue weighted by molar-refractivity contribution is 1.76. The maximum Gasteiger partial charge on any atom is 0.0365 e. The first-order valence-corrected chi connectivity index (χ1v) is 5.56. The van der Waals surface area contributed by atoms with Crippen molar-refractivity contribution in [1.29, 1.82) is 0 Å². The van der Waals surface area contributed by atoms with Crippen molar-refractivity contribution < 1.29 is 0 Å². The number of hydrogen-bond donors (Lipinski definition) is 0. The van der Waals surface area contributed by atoms with E-state index in [-0.39, 0.29) is 0 Å². The van der Waals surface area contributed by atoms with E-state index in [0.717, 1.165) is 4.47 Å². The van der Waals surface area contributed by atoms with Crippen LogP contribution in [-0.2, 0) is 0 Å². The summed E-state index contributed by atoms with van der Waals surface area (Å²) in [6.07, 6.45) is 0. The van der Waals surface area contributed by atoms with Crippen LogP contribution in [0.15, 0.2) is 32.5 Å². The molecule has 1 aromatic heterocycles. The highest BCUT2D eigenvalue weighted by Gasteiger charge is 1.99. The molecule has 1 aromatic carbocycles.